The van der Waals surface area contributed by atoms with Gasteiger partial charge in [0.15, 0.2) is 0 Å². The van der Waals surface area contributed by atoms with Crippen molar-refractivity contribution in [3.63, 3.8) is 0 Å². The molecule has 2 rings (SSSR count). The molecule has 16 heavy (non-hydrogen) atoms. The van der Waals surface area contributed by atoms with Crippen LogP contribution in [0, 0.1) is 0 Å². The van der Waals surface area contributed by atoms with E-state index in [2.05, 4.69) is 10.3 Å². The lowest BCUT2D eigenvalue weighted by molar-refractivity contribution is 0.0698. The van der Waals surface area contributed by atoms with Crippen LogP contribution in [-0.4, -0.2) is 23.1 Å². The minimum Gasteiger partial charge on any atom is -0.478 e. The molecule has 0 spiro atoms. The monoisotopic (exact) mass is 234 g/mol. The molecule has 4 nitrogen and oxygen atoms in total. The van der Waals surface area contributed by atoms with Gasteiger partial charge in [0, 0.05) is 23.7 Å². The second-order valence-corrected chi connectivity index (χ2v) is 4.06. The Hall–Kier alpha value is -1.88. The van der Waals surface area contributed by atoms with Gasteiger partial charge in [0.2, 0.25) is 0 Å². The molecular weight excluding hydrogens is 224 g/mol. The van der Waals surface area contributed by atoms with E-state index >= 15 is 0 Å². The summed E-state index contributed by atoms with van der Waals surface area (Å²) in [4.78, 5) is 16.2. The third kappa shape index (κ3) is 1.77. The number of carboxylic acids is 1. The van der Waals surface area contributed by atoms with E-state index in [1.807, 2.05) is 17.5 Å². The maximum Gasteiger partial charge on any atom is 0.340 e. The highest BCUT2D eigenvalue weighted by molar-refractivity contribution is 7.13. The number of nitrogens with zero attached hydrogens (tertiary/aromatic N) is 1. The van der Waals surface area contributed by atoms with Crippen LogP contribution in [-0.2, 0) is 0 Å². The second kappa shape index (κ2) is 4.32. The summed E-state index contributed by atoms with van der Waals surface area (Å²) in [5, 5.41) is 13.9. The predicted molar refractivity (Wildman–Crippen MR) is 64.1 cm³/mol. The van der Waals surface area contributed by atoms with E-state index in [1.54, 1.807) is 19.3 Å². The molecule has 2 aromatic rings. The number of hydrogen-bond donors (Lipinski definition) is 2. The lowest BCUT2D eigenvalue weighted by Gasteiger charge is -2.08. The molecule has 0 fully saturated rings. The number of aromatic carboxylic acids is 1. The smallest absolute Gasteiger partial charge is 0.340 e. The summed E-state index contributed by atoms with van der Waals surface area (Å²) in [5.41, 5.74) is 0.911. The van der Waals surface area contributed by atoms with Crippen molar-refractivity contribution in [1.82, 2.24) is 4.98 Å². The fraction of sp³-hybridized carbons (Fsp3) is 0.0909. The Morgan fingerprint density at radius 2 is 2.31 bits per heavy atom. The number of aromatic nitrogens is 1. The number of thiophene rings is 1. The van der Waals surface area contributed by atoms with Gasteiger partial charge in [0.1, 0.15) is 11.4 Å². The van der Waals surface area contributed by atoms with Gasteiger partial charge in [-0.05, 0) is 17.5 Å². The molecule has 2 heterocycles. The quantitative estimate of drug-likeness (QED) is 0.856. The third-order valence-corrected chi connectivity index (χ3v) is 3.09. The Labute approximate surface area is 96.6 Å². The van der Waals surface area contributed by atoms with E-state index in [-0.39, 0.29) is 5.56 Å². The first-order chi connectivity index (χ1) is 7.74. The highest BCUT2D eigenvalue weighted by Crippen LogP contribution is 2.30. The van der Waals surface area contributed by atoms with Crippen LogP contribution in [0.15, 0.2) is 29.8 Å². The fourth-order valence-electron chi connectivity index (χ4n) is 1.50. The van der Waals surface area contributed by atoms with Crippen molar-refractivity contribution < 1.29 is 9.90 Å². The SMILES string of the molecule is CNc1nccc(-c2cccs2)c1C(=O)O. The standard InChI is InChI=1S/C11H10N2O2S/c1-12-10-9(11(14)15)7(4-5-13-10)8-3-2-6-16-8/h2-6H,1H3,(H,12,13)(H,14,15). The van der Waals surface area contributed by atoms with Crippen LogP contribution >= 0.6 is 11.3 Å². The summed E-state index contributed by atoms with van der Waals surface area (Å²) in [6.45, 7) is 0. The van der Waals surface area contributed by atoms with E-state index in [9.17, 15) is 9.90 Å². The van der Waals surface area contributed by atoms with Gasteiger partial charge in [0.05, 0.1) is 0 Å². The summed E-state index contributed by atoms with van der Waals surface area (Å²) >= 11 is 1.51. The zero-order valence-electron chi connectivity index (χ0n) is 8.60. The van der Waals surface area contributed by atoms with Crippen LogP contribution in [0.25, 0.3) is 10.4 Å². The average molecular weight is 234 g/mol. The van der Waals surface area contributed by atoms with Crippen molar-refractivity contribution in [3.8, 4) is 10.4 Å². The lowest BCUT2D eigenvalue weighted by atomic mass is 10.1. The second-order valence-electron chi connectivity index (χ2n) is 3.11. The molecule has 82 valence electrons. The molecule has 0 saturated carbocycles. The molecule has 5 heteroatoms. The molecule has 0 radical (unpaired) electrons. The largest absolute Gasteiger partial charge is 0.478 e. The molecule has 0 atom stereocenters. The molecule has 0 bridgehead atoms. The number of rotatable bonds is 3. The Kier molecular flexibility index (Phi) is 2.87. The molecule has 0 aliphatic heterocycles. The zero-order valence-corrected chi connectivity index (χ0v) is 9.41. The van der Waals surface area contributed by atoms with Gasteiger partial charge < -0.3 is 10.4 Å². The summed E-state index contributed by atoms with van der Waals surface area (Å²) in [6.07, 6.45) is 1.60. The van der Waals surface area contributed by atoms with Crippen LogP contribution in [0.1, 0.15) is 10.4 Å². The van der Waals surface area contributed by atoms with Crippen molar-refractivity contribution in [1.29, 1.82) is 0 Å². The van der Waals surface area contributed by atoms with Crippen LogP contribution in [0.3, 0.4) is 0 Å². The molecule has 0 aliphatic rings. The highest BCUT2D eigenvalue weighted by Gasteiger charge is 2.17. The van der Waals surface area contributed by atoms with Gasteiger partial charge in [-0.3, -0.25) is 0 Å². The molecule has 0 saturated heterocycles. The van der Waals surface area contributed by atoms with E-state index in [0.29, 0.717) is 11.4 Å². The molecule has 0 aromatic carbocycles. The number of anilines is 1. The van der Waals surface area contributed by atoms with Crippen molar-refractivity contribution in [2.24, 2.45) is 0 Å². The fourth-order valence-corrected chi connectivity index (χ4v) is 2.26. The van der Waals surface area contributed by atoms with Crippen LogP contribution < -0.4 is 5.32 Å². The van der Waals surface area contributed by atoms with Gasteiger partial charge in [-0.2, -0.15) is 0 Å². The van der Waals surface area contributed by atoms with Gasteiger partial charge in [-0.25, -0.2) is 9.78 Å². The minimum atomic E-state index is -0.971. The number of carbonyl (C=O) groups is 1. The first-order valence-corrected chi connectivity index (χ1v) is 5.56. The molecule has 0 aliphatic carbocycles. The minimum absolute atomic E-state index is 0.215. The van der Waals surface area contributed by atoms with E-state index in [1.165, 1.54) is 11.3 Å². The van der Waals surface area contributed by atoms with Crippen molar-refractivity contribution in [2.75, 3.05) is 12.4 Å². The first kappa shape index (κ1) is 10.6. The Balaban J connectivity index is 2.65. The molecule has 2 aromatic heterocycles. The van der Waals surface area contributed by atoms with Crippen LogP contribution in [0.4, 0.5) is 5.82 Å². The normalized spacial score (nSPS) is 10.1. The Bertz CT molecular complexity index is 509. The van der Waals surface area contributed by atoms with Gasteiger partial charge in [0.25, 0.3) is 0 Å². The summed E-state index contributed by atoms with van der Waals surface area (Å²) < 4.78 is 0. The Morgan fingerprint density at radius 3 is 2.88 bits per heavy atom. The first-order valence-electron chi connectivity index (χ1n) is 4.68. The van der Waals surface area contributed by atoms with Crippen molar-refractivity contribution >= 4 is 23.1 Å². The lowest BCUT2D eigenvalue weighted by Crippen LogP contribution is -2.06. The summed E-state index contributed by atoms with van der Waals surface area (Å²) in [7, 11) is 1.66. The Morgan fingerprint density at radius 1 is 1.50 bits per heavy atom. The van der Waals surface area contributed by atoms with Gasteiger partial charge >= 0.3 is 5.97 Å². The third-order valence-electron chi connectivity index (χ3n) is 2.19. The maximum atomic E-state index is 11.2. The van der Waals surface area contributed by atoms with Gasteiger partial charge in [-0.1, -0.05) is 6.07 Å². The van der Waals surface area contributed by atoms with E-state index in [4.69, 9.17) is 0 Å². The zero-order chi connectivity index (χ0) is 11.5. The number of carboxylic acid groups (broad SMARTS) is 1. The topological polar surface area (TPSA) is 62.2 Å². The predicted octanol–water partition coefficient (Wildman–Crippen LogP) is 2.55. The highest BCUT2D eigenvalue weighted by atomic mass is 32.1. The van der Waals surface area contributed by atoms with E-state index in [0.717, 1.165) is 4.88 Å². The van der Waals surface area contributed by atoms with Crippen molar-refractivity contribution in [3.05, 3.63) is 35.3 Å². The maximum absolute atomic E-state index is 11.2. The molecular formula is C11H10N2O2S. The molecule has 0 unspecified atom stereocenters. The molecule has 0 amide bonds. The summed E-state index contributed by atoms with van der Waals surface area (Å²) in [5.74, 6) is -0.584. The average Bonchev–Trinajstić information content (AvgIpc) is 2.81. The van der Waals surface area contributed by atoms with Crippen LogP contribution in [0.2, 0.25) is 0 Å². The van der Waals surface area contributed by atoms with Crippen LogP contribution in [0.5, 0.6) is 0 Å². The van der Waals surface area contributed by atoms with Gasteiger partial charge in [-0.15, -0.1) is 11.3 Å². The van der Waals surface area contributed by atoms with Crippen molar-refractivity contribution in [2.45, 2.75) is 0 Å². The molecule has 2 N–H and O–H groups in total. The van der Waals surface area contributed by atoms with E-state index < -0.39 is 5.97 Å². The summed E-state index contributed by atoms with van der Waals surface area (Å²) in [6, 6.07) is 5.51. The number of pyridine rings is 1. The number of hydrogen-bond acceptors (Lipinski definition) is 4. The number of nitrogens with one attached hydrogen (secondary N) is 1.